The standard InChI is InChI=1S/C13H12BrN5/c1-8-7-17-13(16-2)19-12(8)18-11-4-3-10(14)5-9(11)6-15/h3-5,7H,1-2H3,(H2,16,17,18,19). The molecule has 6 heteroatoms. The van der Waals surface area contributed by atoms with E-state index in [9.17, 15) is 0 Å². The number of halogens is 1. The Labute approximate surface area is 119 Å². The Bertz CT molecular complexity index is 648. The highest BCUT2D eigenvalue weighted by Gasteiger charge is 2.07. The molecule has 0 saturated heterocycles. The number of nitrogens with zero attached hydrogens (tertiary/aromatic N) is 3. The van der Waals surface area contributed by atoms with Crippen molar-refractivity contribution in [2.75, 3.05) is 17.7 Å². The smallest absolute Gasteiger partial charge is 0.224 e. The van der Waals surface area contributed by atoms with Crippen LogP contribution in [0.1, 0.15) is 11.1 Å². The second-order valence-electron chi connectivity index (χ2n) is 3.90. The zero-order chi connectivity index (χ0) is 13.8. The SMILES string of the molecule is CNc1ncc(C)c(Nc2ccc(Br)cc2C#N)n1. The maximum absolute atomic E-state index is 9.14. The maximum atomic E-state index is 9.14. The number of hydrogen-bond acceptors (Lipinski definition) is 5. The number of benzene rings is 1. The highest BCUT2D eigenvalue weighted by molar-refractivity contribution is 9.10. The second kappa shape index (κ2) is 5.67. The van der Waals surface area contributed by atoms with E-state index in [2.05, 4.69) is 42.6 Å². The molecule has 0 spiro atoms. The fraction of sp³-hybridized carbons (Fsp3) is 0.154. The van der Waals surface area contributed by atoms with E-state index in [0.29, 0.717) is 17.3 Å². The number of aryl methyl sites for hydroxylation is 1. The highest BCUT2D eigenvalue weighted by atomic mass is 79.9. The summed E-state index contributed by atoms with van der Waals surface area (Å²) in [6, 6.07) is 7.63. The molecule has 0 amide bonds. The second-order valence-corrected chi connectivity index (χ2v) is 4.82. The molecule has 1 aromatic heterocycles. The van der Waals surface area contributed by atoms with Crippen LogP contribution < -0.4 is 10.6 Å². The van der Waals surface area contributed by atoms with E-state index < -0.39 is 0 Å². The third kappa shape index (κ3) is 3.01. The number of aromatic nitrogens is 2. The van der Waals surface area contributed by atoms with Crippen molar-refractivity contribution in [1.29, 1.82) is 5.26 Å². The van der Waals surface area contributed by atoms with Crippen molar-refractivity contribution in [1.82, 2.24) is 9.97 Å². The van der Waals surface area contributed by atoms with Crippen LogP contribution in [0.15, 0.2) is 28.9 Å². The van der Waals surface area contributed by atoms with Gasteiger partial charge in [-0.15, -0.1) is 0 Å². The van der Waals surface area contributed by atoms with Gasteiger partial charge >= 0.3 is 0 Å². The molecule has 0 aliphatic heterocycles. The van der Waals surface area contributed by atoms with Gasteiger partial charge < -0.3 is 10.6 Å². The molecule has 1 aromatic carbocycles. The van der Waals surface area contributed by atoms with E-state index in [1.54, 1.807) is 19.3 Å². The molecule has 2 aromatic rings. The predicted octanol–water partition coefficient (Wildman–Crippen LogP) is 3.20. The third-order valence-corrected chi connectivity index (χ3v) is 3.04. The van der Waals surface area contributed by atoms with Gasteiger partial charge in [0.25, 0.3) is 0 Å². The molecule has 0 saturated carbocycles. The van der Waals surface area contributed by atoms with E-state index >= 15 is 0 Å². The summed E-state index contributed by atoms with van der Waals surface area (Å²) in [6.07, 6.45) is 1.73. The normalized spacial score (nSPS) is 9.79. The first-order valence-corrected chi connectivity index (χ1v) is 6.41. The van der Waals surface area contributed by atoms with Gasteiger partial charge in [0.05, 0.1) is 11.3 Å². The van der Waals surface area contributed by atoms with Crippen molar-refractivity contribution in [3.8, 4) is 6.07 Å². The number of anilines is 3. The lowest BCUT2D eigenvalue weighted by atomic mass is 10.2. The van der Waals surface area contributed by atoms with E-state index in [0.717, 1.165) is 15.7 Å². The minimum atomic E-state index is 0.531. The van der Waals surface area contributed by atoms with Crippen molar-refractivity contribution in [2.45, 2.75) is 6.92 Å². The van der Waals surface area contributed by atoms with E-state index in [1.165, 1.54) is 0 Å². The van der Waals surface area contributed by atoms with E-state index in [-0.39, 0.29) is 0 Å². The van der Waals surface area contributed by atoms with Crippen LogP contribution >= 0.6 is 15.9 Å². The van der Waals surface area contributed by atoms with Gasteiger partial charge in [0.15, 0.2) is 0 Å². The van der Waals surface area contributed by atoms with Gasteiger partial charge in [0.2, 0.25) is 5.95 Å². The van der Waals surface area contributed by atoms with Gasteiger partial charge in [-0.3, -0.25) is 0 Å². The summed E-state index contributed by atoms with van der Waals surface area (Å²) in [4.78, 5) is 8.45. The molecule has 5 nitrogen and oxygen atoms in total. The summed E-state index contributed by atoms with van der Waals surface area (Å²) in [6.45, 7) is 1.91. The first-order valence-electron chi connectivity index (χ1n) is 5.62. The van der Waals surface area contributed by atoms with Crippen LogP contribution in [0, 0.1) is 18.3 Å². The first kappa shape index (κ1) is 13.3. The lowest BCUT2D eigenvalue weighted by molar-refractivity contribution is 1.12. The molecule has 0 unspecified atom stereocenters. The van der Waals surface area contributed by atoms with Crippen LogP contribution in [0.4, 0.5) is 17.5 Å². The molecular formula is C13H12BrN5. The largest absolute Gasteiger partial charge is 0.357 e. The zero-order valence-electron chi connectivity index (χ0n) is 10.5. The molecule has 2 rings (SSSR count). The number of rotatable bonds is 3. The van der Waals surface area contributed by atoms with Crippen molar-refractivity contribution in [3.05, 3.63) is 40.0 Å². The molecule has 0 atom stereocenters. The Morgan fingerprint density at radius 3 is 2.84 bits per heavy atom. The zero-order valence-corrected chi connectivity index (χ0v) is 12.1. The predicted molar refractivity (Wildman–Crippen MR) is 78.5 cm³/mol. The van der Waals surface area contributed by atoms with Crippen molar-refractivity contribution in [2.24, 2.45) is 0 Å². The first-order chi connectivity index (χ1) is 9.13. The van der Waals surface area contributed by atoms with Crippen LogP contribution in [0.3, 0.4) is 0 Å². The van der Waals surface area contributed by atoms with Crippen LogP contribution in [0.25, 0.3) is 0 Å². The minimum absolute atomic E-state index is 0.531. The Hall–Kier alpha value is -2.13. The summed E-state index contributed by atoms with van der Waals surface area (Å²) >= 11 is 3.35. The Kier molecular flexibility index (Phi) is 3.97. The average Bonchev–Trinajstić information content (AvgIpc) is 2.43. The summed E-state index contributed by atoms with van der Waals surface area (Å²) in [7, 11) is 1.76. The van der Waals surface area contributed by atoms with Gasteiger partial charge in [-0.25, -0.2) is 4.98 Å². The molecule has 19 heavy (non-hydrogen) atoms. The van der Waals surface area contributed by atoms with Gasteiger partial charge in [-0.1, -0.05) is 15.9 Å². The third-order valence-electron chi connectivity index (χ3n) is 2.55. The molecule has 0 aliphatic carbocycles. The summed E-state index contributed by atoms with van der Waals surface area (Å²) < 4.78 is 0.866. The van der Waals surface area contributed by atoms with E-state index in [4.69, 9.17) is 5.26 Å². The fourth-order valence-corrected chi connectivity index (χ4v) is 1.90. The molecular weight excluding hydrogens is 306 g/mol. The lowest BCUT2D eigenvalue weighted by Gasteiger charge is -2.11. The van der Waals surface area contributed by atoms with Gasteiger partial charge in [-0.2, -0.15) is 10.2 Å². The molecule has 1 heterocycles. The average molecular weight is 318 g/mol. The highest BCUT2D eigenvalue weighted by Crippen LogP contribution is 2.24. The Morgan fingerprint density at radius 1 is 1.37 bits per heavy atom. The topological polar surface area (TPSA) is 73.6 Å². The van der Waals surface area contributed by atoms with Gasteiger partial charge in [0.1, 0.15) is 11.9 Å². The monoisotopic (exact) mass is 317 g/mol. The number of hydrogen-bond donors (Lipinski definition) is 2. The molecule has 0 fully saturated rings. The Morgan fingerprint density at radius 2 is 2.16 bits per heavy atom. The molecule has 96 valence electrons. The molecule has 0 aliphatic rings. The molecule has 2 N–H and O–H groups in total. The quantitative estimate of drug-likeness (QED) is 0.909. The lowest BCUT2D eigenvalue weighted by Crippen LogP contribution is -2.03. The van der Waals surface area contributed by atoms with Gasteiger partial charge in [-0.05, 0) is 25.1 Å². The maximum Gasteiger partial charge on any atom is 0.224 e. The van der Waals surface area contributed by atoms with Crippen LogP contribution in [0.2, 0.25) is 0 Å². The van der Waals surface area contributed by atoms with Crippen LogP contribution in [-0.4, -0.2) is 17.0 Å². The van der Waals surface area contributed by atoms with Crippen molar-refractivity contribution >= 4 is 33.4 Å². The number of nitriles is 1. The van der Waals surface area contributed by atoms with Crippen LogP contribution in [0.5, 0.6) is 0 Å². The number of nitrogens with one attached hydrogen (secondary N) is 2. The molecule has 0 bridgehead atoms. The minimum Gasteiger partial charge on any atom is -0.357 e. The molecule has 0 radical (unpaired) electrons. The summed E-state index contributed by atoms with van der Waals surface area (Å²) in [5.74, 6) is 1.21. The summed E-state index contributed by atoms with van der Waals surface area (Å²) in [5.41, 5.74) is 2.18. The van der Waals surface area contributed by atoms with Gasteiger partial charge in [0, 0.05) is 23.3 Å². The Balaban J connectivity index is 2.39. The van der Waals surface area contributed by atoms with Crippen molar-refractivity contribution in [3.63, 3.8) is 0 Å². The van der Waals surface area contributed by atoms with Crippen LogP contribution in [-0.2, 0) is 0 Å². The summed E-state index contributed by atoms with van der Waals surface area (Å²) in [5, 5.41) is 15.2. The fourth-order valence-electron chi connectivity index (χ4n) is 1.53. The van der Waals surface area contributed by atoms with E-state index in [1.807, 2.05) is 19.1 Å². The van der Waals surface area contributed by atoms with Crippen molar-refractivity contribution < 1.29 is 0 Å².